The number of nitro groups is 3. The van der Waals surface area contributed by atoms with Gasteiger partial charge in [0.2, 0.25) is 5.38 Å². The van der Waals surface area contributed by atoms with E-state index in [-0.39, 0.29) is 0 Å². The minimum atomic E-state index is -2.71. The van der Waals surface area contributed by atoms with Crippen LogP contribution in [0.5, 0.6) is 0 Å². The lowest BCUT2D eigenvalue weighted by molar-refractivity contribution is -0.583. The second-order valence-electron chi connectivity index (χ2n) is 3.49. The first-order chi connectivity index (χ1) is 8.05. The third kappa shape index (κ3) is 2.08. The van der Waals surface area contributed by atoms with Crippen LogP contribution in [0.15, 0.2) is 11.8 Å². The SMILES string of the molecule is O=[N+]([O-])C1=CC(Cl)([N+](=O)[O-])C(Cl)C(Cl)([N+](=O)[O-])C1. The Kier molecular flexibility index (Phi) is 3.70. The molecule has 0 aromatic carbocycles. The average molecular weight is 320 g/mol. The number of hydrogen-bond acceptors (Lipinski definition) is 6. The smallest absolute Gasteiger partial charge is 0.263 e. The fourth-order valence-corrected chi connectivity index (χ4v) is 2.40. The summed E-state index contributed by atoms with van der Waals surface area (Å²) in [4.78, 5) is 23.6. The molecule has 0 N–H and O–H groups in total. The predicted molar refractivity (Wildman–Crippen MR) is 60.5 cm³/mol. The first kappa shape index (κ1) is 14.9. The predicted octanol–water partition coefficient (Wildman–Crippen LogP) is 1.58. The molecule has 1 aliphatic carbocycles. The second-order valence-corrected chi connectivity index (χ2v) is 5.19. The van der Waals surface area contributed by atoms with Gasteiger partial charge in [0.05, 0.1) is 11.0 Å². The minimum Gasteiger partial charge on any atom is -0.263 e. The van der Waals surface area contributed by atoms with Gasteiger partial charge in [-0.05, 0) is 23.2 Å². The van der Waals surface area contributed by atoms with Crippen molar-refractivity contribution < 1.29 is 14.8 Å². The summed E-state index contributed by atoms with van der Waals surface area (Å²) in [7, 11) is 0. The van der Waals surface area contributed by atoms with Crippen molar-refractivity contribution in [2.24, 2.45) is 0 Å². The molecule has 0 radical (unpaired) electrons. The Hall–Kier alpha value is -1.19. The van der Waals surface area contributed by atoms with Gasteiger partial charge in [0, 0.05) is 9.85 Å². The van der Waals surface area contributed by atoms with Gasteiger partial charge in [-0.25, -0.2) is 0 Å². The van der Waals surface area contributed by atoms with Crippen LogP contribution in [-0.2, 0) is 0 Å². The fraction of sp³-hybridized carbons (Fsp3) is 0.667. The first-order valence-corrected chi connectivity index (χ1v) is 5.42. The lowest BCUT2D eigenvalue weighted by Gasteiger charge is -2.30. The van der Waals surface area contributed by atoms with E-state index >= 15 is 0 Å². The van der Waals surface area contributed by atoms with Gasteiger partial charge >= 0.3 is 10.00 Å². The van der Waals surface area contributed by atoms with E-state index in [1.54, 1.807) is 0 Å². The van der Waals surface area contributed by atoms with E-state index in [0.29, 0.717) is 6.08 Å². The zero-order chi connectivity index (χ0) is 14.3. The Morgan fingerprint density at radius 1 is 1.17 bits per heavy atom. The standard InChI is InChI=1S/C6H4Cl3N3O6/c7-4-5(8,11(15)16)1-3(10(13)14)2-6(4,9)12(17)18/h1,4H,2H2. The molecule has 0 bridgehead atoms. The van der Waals surface area contributed by atoms with E-state index in [4.69, 9.17) is 34.8 Å². The maximum Gasteiger partial charge on any atom is 0.344 e. The van der Waals surface area contributed by atoms with Crippen molar-refractivity contribution in [1.82, 2.24) is 0 Å². The van der Waals surface area contributed by atoms with Crippen LogP contribution in [0.25, 0.3) is 0 Å². The van der Waals surface area contributed by atoms with Crippen molar-refractivity contribution in [3.05, 3.63) is 42.1 Å². The number of halogens is 3. The number of hydrogen-bond donors (Lipinski definition) is 0. The van der Waals surface area contributed by atoms with Crippen LogP contribution in [0.4, 0.5) is 0 Å². The number of nitrogens with zero attached hydrogens (tertiary/aromatic N) is 3. The molecule has 0 heterocycles. The van der Waals surface area contributed by atoms with E-state index in [1.165, 1.54) is 0 Å². The molecule has 0 fully saturated rings. The Morgan fingerprint density at radius 2 is 1.67 bits per heavy atom. The molecule has 0 aromatic rings. The van der Waals surface area contributed by atoms with Gasteiger partial charge in [0.15, 0.2) is 0 Å². The van der Waals surface area contributed by atoms with E-state index in [0.717, 1.165) is 0 Å². The molecule has 0 saturated heterocycles. The molecular weight excluding hydrogens is 316 g/mol. The Labute approximate surface area is 114 Å². The molecule has 3 unspecified atom stereocenters. The molecule has 3 atom stereocenters. The van der Waals surface area contributed by atoms with E-state index in [2.05, 4.69) is 0 Å². The van der Waals surface area contributed by atoms with Gasteiger partial charge in [0.25, 0.3) is 5.70 Å². The highest BCUT2D eigenvalue weighted by Gasteiger charge is 2.69. The van der Waals surface area contributed by atoms with Crippen LogP contribution in [0.1, 0.15) is 6.42 Å². The summed E-state index contributed by atoms with van der Waals surface area (Å²) in [6.45, 7) is 0. The molecule has 12 heteroatoms. The number of alkyl halides is 3. The largest absolute Gasteiger partial charge is 0.344 e. The van der Waals surface area contributed by atoms with Gasteiger partial charge in [0.1, 0.15) is 6.42 Å². The zero-order valence-electron chi connectivity index (χ0n) is 8.29. The Morgan fingerprint density at radius 3 is 2.00 bits per heavy atom. The normalized spacial score (nSPS) is 35.7. The molecular formula is C6H4Cl3N3O6. The van der Waals surface area contributed by atoms with Crippen molar-refractivity contribution in [3.8, 4) is 0 Å². The van der Waals surface area contributed by atoms with E-state index in [1.807, 2.05) is 0 Å². The maximum atomic E-state index is 10.8. The maximum absolute atomic E-state index is 10.8. The minimum absolute atomic E-state index is 0.469. The van der Waals surface area contributed by atoms with Crippen LogP contribution >= 0.6 is 34.8 Å². The van der Waals surface area contributed by atoms with Crippen molar-refractivity contribution in [2.45, 2.75) is 21.8 Å². The quantitative estimate of drug-likeness (QED) is 0.336. The molecule has 18 heavy (non-hydrogen) atoms. The third-order valence-electron chi connectivity index (χ3n) is 2.36. The van der Waals surface area contributed by atoms with Crippen LogP contribution in [0.2, 0.25) is 0 Å². The van der Waals surface area contributed by atoms with Crippen molar-refractivity contribution in [3.63, 3.8) is 0 Å². The molecule has 1 rings (SSSR count). The summed E-state index contributed by atoms with van der Waals surface area (Å²) in [5, 5.41) is 30.3. The van der Waals surface area contributed by atoms with Crippen LogP contribution in [-0.4, -0.2) is 30.1 Å². The molecule has 100 valence electrons. The van der Waals surface area contributed by atoms with Gasteiger partial charge in [-0.1, -0.05) is 0 Å². The lowest BCUT2D eigenvalue weighted by Crippen LogP contribution is -2.57. The Bertz CT molecular complexity index is 469. The highest BCUT2D eigenvalue weighted by molar-refractivity contribution is 6.38. The highest BCUT2D eigenvalue weighted by atomic mass is 35.5. The first-order valence-electron chi connectivity index (χ1n) is 4.22. The number of rotatable bonds is 3. The Balaban J connectivity index is 3.45. The second kappa shape index (κ2) is 4.48. The van der Waals surface area contributed by atoms with Gasteiger partial charge in [-0.15, -0.1) is 11.6 Å². The van der Waals surface area contributed by atoms with Crippen molar-refractivity contribution in [2.75, 3.05) is 0 Å². The van der Waals surface area contributed by atoms with E-state index < -0.39 is 42.3 Å². The topological polar surface area (TPSA) is 129 Å². The molecule has 0 aliphatic heterocycles. The van der Waals surface area contributed by atoms with Crippen LogP contribution in [0, 0.1) is 30.3 Å². The van der Waals surface area contributed by atoms with Crippen molar-refractivity contribution in [1.29, 1.82) is 0 Å². The van der Waals surface area contributed by atoms with Crippen LogP contribution in [0.3, 0.4) is 0 Å². The molecule has 0 amide bonds. The van der Waals surface area contributed by atoms with Gasteiger partial charge < -0.3 is 0 Å². The zero-order valence-corrected chi connectivity index (χ0v) is 10.6. The average Bonchev–Trinajstić information content (AvgIpc) is 2.24. The fourth-order valence-electron chi connectivity index (χ4n) is 1.43. The van der Waals surface area contributed by atoms with Crippen molar-refractivity contribution >= 4 is 34.8 Å². The van der Waals surface area contributed by atoms with E-state index in [9.17, 15) is 30.3 Å². The lowest BCUT2D eigenvalue weighted by atomic mass is 9.94. The molecule has 0 aromatic heterocycles. The third-order valence-corrected chi connectivity index (χ3v) is 4.23. The summed E-state index contributed by atoms with van der Waals surface area (Å²) in [5.41, 5.74) is -0.828. The molecule has 0 spiro atoms. The summed E-state index contributed by atoms with van der Waals surface area (Å²) >= 11 is 16.7. The highest BCUT2D eigenvalue weighted by Crippen LogP contribution is 2.46. The van der Waals surface area contributed by atoms with Gasteiger partial charge in [-0.3, -0.25) is 30.3 Å². The summed E-state index contributed by atoms with van der Waals surface area (Å²) in [5.74, 6) is 0. The summed E-state index contributed by atoms with van der Waals surface area (Å²) in [6.07, 6.45) is -0.401. The van der Waals surface area contributed by atoms with Crippen LogP contribution < -0.4 is 0 Å². The van der Waals surface area contributed by atoms with Gasteiger partial charge in [-0.2, -0.15) is 0 Å². The summed E-state index contributed by atoms with van der Waals surface area (Å²) in [6, 6.07) is 0. The monoisotopic (exact) mass is 319 g/mol. The molecule has 9 nitrogen and oxygen atoms in total. The molecule has 0 saturated carbocycles. The summed E-state index contributed by atoms with van der Waals surface area (Å²) < 4.78 is 0. The molecule has 1 aliphatic rings.